The number of nitrogens with one attached hydrogen (secondary N) is 1. The molecule has 0 saturated carbocycles. The minimum Gasteiger partial charge on any atom is -0.480 e. The van der Waals surface area contributed by atoms with E-state index in [0.717, 1.165) is 27.6 Å². The Labute approximate surface area is 135 Å². The highest BCUT2D eigenvalue weighted by atomic mass is 16.4. The van der Waals surface area contributed by atoms with Crippen LogP contribution in [0.5, 0.6) is 0 Å². The van der Waals surface area contributed by atoms with Gasteiger partial charge in [-0.15, -0.1) is 0 Å². The van der Waals surface area contributed by atoms with Crippen LogP contribution in [0, 0.1) is 0 Å². The monoisotopic (exact) mass is 311 g/mol. The maximum atomic E-state index is 10.9. The summed E-state index contributed by atoms with van der Waals surface area (Å²) < 4.78 is 0. The highest BCUT2D eigenvalue weighted by molar-refractivity contribution is 5.88. The first-order chi connectivity index (χ1) is 11.1. The molecule has 0 bridgehead atoms. The van der Waals surface area contributed by atoms with Gasteiger partial charge in [-0.2, -0.15) is 0 Å². The average Bonchev–Trinajstić information content (AvgIpc) is 2.99. The van der Waals surface area contributed by atoms with Gasteiger partial charge in [0.05, 0.1) is 0 Å². The van der Waals surface area contributed by atoms with Crippen molar-refractivity contribution in [3.05, 3.63) is 54.5 Å². The lowest BCUT2D eigenvalue weighted by atomic mass is 10.0. The SMILES string of the molecule is CC.NC(Cc1c[nH]c2ccc(-c3ccncc3)cc12)C(=O)O. The van der Waals surface area contributed by atoms with E-state index in [1.807, 2.05) is 50.4 Å². The summed E-state index contributed by atoms with van der Waals surface area (Å²) in [5.74, 6) is -0.991. The van der Waals surface area contributed by atoms with Gasteiger partial charge in [0, 0.05) is 35.9 Å². The number of carbonyl (C=O) groups is 1. The number of H-pyrrole nitrogens is 1. The van der Waals surface area contributed by atoms with Gasteiger partial charge in [-0.1, -0.05) is 19.9 Å². The minimum absolute atomic E-state index is 0.301. The Kier molecular flexibility index (Phi) is 5.49. The molecule has 0 aliphatic rings. The van der Waals surface area contributed by atoms with E-state index in [4.69, 9.17) is 10.8 Å². The standard InChI is InChI=1S/C16H15N3O2.C2H6/c17-14(16(20)21)8-12-9-19-15-2-1-11(7-13(12)15)10-3-5-18-6-4-10;1-2/h1-7,9,14,19H,8,17H2,(H,20,21);1-2H3. The molecule has 2 aromatic heterocycles. The maximum absolute atomic E-state index is 10.9. The Hall–Kier alpha value is -2.66. The number of carboxylic acids is 1. The smallest absolute Gasteiger partial charge is 0.320 e. The van der Waals surface area contributed by atoms with Crippen LogP contribution in [0.1, 0.15) is 19.4 Å². The predicted octanol–water partition coefficient (Wildman–Crippen LogP) is 3.21. The van der Waals surface area contributed by atoms with Crippen molar-refractivity contribution in [2.45, 2.75) is 26.3 Å². The molecule has 0 aliphatic carbocycles. The van der Waals surface area contributed by atoms with Crippen molar-refractivity contribution in [2.75, 3.05) is 0 Å². The van der Waals surface area contributed by atoms with E-state index in [-0.39, 0.29) is 0 Å². The summed E-state index contributed by atoms with van der Waals surface area (Å²) >= 11 is 0. The van der Waals surface area contributed by atoms with E-state index < -0.39 is 12.0 Å². The molecular formula is C18H21N3O2. The summed E-state index contributed by atoms with van der Waals surface area (Å²) in [4.78, 5) is 18.1. The number of benzene rings is 1. The van der Waals surface area contributed by atoms with Gasteiger partial charge in [0.1, 0.15) is 6.04 Å². The van der Waals surface area contributed by atoms with Crippen LogP contribution in [0.4, 0.5) is 0 Å². The molecule has 23 heavy (non-hydrogen) atoms. The molecule has 0 amide bonds. The van der Waals surface area contributed by atoms with Crippen LogP contribution < -0.4 is 5.73 Å². The van der Waals surface area contributed by atoms with E-state index in [1.165, 1.54) is 0 Å². The zero-order valence-corrected chi connectivity index (χ0v) is 13.3. The fourth-order valence-corrected chi connectivity index (χ4v) is 2.40. The number of pyridine rings is 1. The number of aromatic nitrogens is 2. The lowest BCUT2D eigenvalue weighted by Gasteiger charge is -2.06. The fraction of sp³-hybridized carbons (Fsp3) is 0.222. The summed E-state index contributed by atoms with van der Waals surface area (Å²) in [6, 6.07) is 9.04. The van der Waals surface area contributed by atoms with Gasteiger partial charge in [0.15, 0.2) is 0 Å². The van der Waals surface area contributed by atoms with E-state index in [2.05, 4.69) is 9.97 Å². The maximum Gasteiger partial charge on any atom is 0.320 e. The van der Waals surface area contributed by atoms with Crippen molar-refractivity contribution in [2.24, 2.45) is 5.73 Å². The molecule has 0 fully saturated rings. The predicted molar refractivity (Wildman–Crippen MR) is 92.2 cm³/mol. The van der Waals surface area contributed by atoms with Crippen LogP contribution in [-0.4, -0.2) is 27.1 Å². The molecule has 0 aliphatic heterocycles. The number of rotatable bonds is 4. The topological polar surface area (TPSA) is 92.0 Å². The van der Waals surface area contributed by atoms with Crippen molar-refractivity contribution in [1.29, 1.82) is 0 Å². The second kappa shape index (κ2) is 7.56. The third-order valence-corrected chi connectivity index (χ3v) is 3.54. The number of nitrogens with two attached hydrogens (primary N) is 1. The van der Waals surface area contributed by atoms with Gasteiger partial charge in [-0.3, -0.25) is 9.78 Å². The van der Waals surface area contributed by atoms with Crippen LogP contribution in [-0.2, 0) is 11.2 Å². The van der Waals surface area contributed by atoms with Crippen LogP contribution >= 0.6 is 0 Å². The Morgan fingerprint density at radius 1 is 1.22 bits per heavy atom. The highest BCUT2D eigenvalue weighted by Crippen LogP contribution is 2.26. The van der Waals surface area contributed by atoms with Crippen LogP contribution in [0.3, 0.4) is 0 Å². The summed E-state index contributed by atoms with van der Waals surface area (Å²) in [5, 5.41) is 9.94. The number of hydrogen-bond donors (Lipinski definition) is 3. The minimum atomic E-state index is -0.991. The summed E-state index contributed by atoms with van der Waals surface area (Å²) in [6.07, 6.45) is 5.62. The Morgan fingerprint density at radius 3 is 2.57 bits per heavy atom. The fourth-order valence-electron chi connectivity index (χ4n) is 2.40. The van der Waals surface area contributed by atoms with Crippen LogP contribution in [0.15, 0.2) is 48.9 Å². The largest absolute Gasteiger partial charge is 0.480 e. The molecule has 2 heterocycles. The van der Waals surface area contributed by atoms with E-state index >= 15 is 0 Å². The lowest BCUT2D eigenvalue weighted by Crippen LogP contribution is -2.32. The molecule has 1 unspecified atom stereocenters. The van der Waals surface area contributed by atoms with Gasteiger partial charge >= 0.3 is 5.97 Å². The molecule has 5 heteroatoms. The quantitative estimate of drug-likeness (QED) is 0.690. The number of aliphatic carboxylic acids is 1. The normalized spacial score (nSPS) is 11.6. The number of carboxylic acid groups (broad SMARTS) is 1. The number of nitrogens with zero attached hydrogens (tertiary/aromatic N) is 1. The first-order valence-corrected chi connectivity index (χ1v) is 7.64. The van der Waals surface area contributed by atoms with Gasteiger partial charge in [0.25, 0.3) is 0 Å². The molecule has 4 N–H and O–H groups in total. The van der Waals surface area contributed by atoms with Crippen molar-refractivity contribution < 1.29 is 9.90 Å². The average molecular weight is 311 g/mol. The molecule has 3 rings (SSSR count). The van der Waals surface area contributed by atoms with Crippen molar-refractivity contribution >= 4 is 16.9 Å². The third-order valence-electron chi connectivity index (χ3n) is 3.54. The van der Waals surface area contributed by atoms with E-state index in [0.29, 0.717) is 6.42 Å². The first-order valence-electron chi connectivity index (χ1n) is 7.64. The number of hydrogen-bond acceptors (Lipinski definition) is 3. The first kappa shape index (κ1) is 16.7. The van der Waals surface area contributed by atoms with Crippen molar-refractivity contribution in [1.82, 2.24) is 9.97 Å². The van der Waals surface area contributed by atoms with E-state index in [1.54, 1.807) is 12.4 Å². The lowest BCUT2D eigenvalue weighted by molar-refractivity contribution is -0.138. The van der Waals surface area contributed by atoms with Gasteiger partial charge in [-0.05, 0) is 41.0 Å². The summed E-state index contributed by atoms with van der Waals surface area (Å²) in [6.45, 7) is 4.00. The molecule has 1 aromatic carbocycles. The number of aromatic amines is 1. The van der Waals surface area contributed by atoms with Crippen LogP contribution in [0.25, 0.3) is 22.0 Å². The third kappa shape index (κ3) is 3.76. The molecule has 0 saturated heterocycles. The Bertz CT molecular complexity index is 781. The molecule has 1 atom stereocenters. The number of fused-ring (bicyclic) bond motifs is 1. The van der Waals surface area contributed by atoms with Crippen molar-refractivity contribution in [3.8, 4) is 11.1 Å². The van der Waals surface area contributed by atoms with Gasteiger partial charge < -0.3 is 15.8 Å². The zero-order chi connectivity index (χ0) is 16.8. The highest BCUT2D eigenvalue weighted by Gasteiger charge is 2.15. The van der Waals surface area contributed by atoms with Crippen molar-refractivity contribution in [3.63, 3.8) is 0 Å². The second-order valence-corrected chi connectivity index (χ2v) is 4.96. The zero-order valence-electron chi connectivity index (χ0n) is 13.3. The van der Waals surface area contributed by atoms with Crippen LogP contribution in [0.2, 0.25) is 0 Å². The molecule has 0 radical (unpaired) electrons. The second-order valence-electron chi connectivity index (χ2n) is 4.96. The summed E-state index contributed by atoms with van der Waals surface area (Å²) in [7, 11) is 0. The Morgan fingerprint density at radius 2 is 1.91 bits per heavy atom. The summed E-state index contributed by atoms with van der Waals surface area (Å²) in [5.41, 5.74) is 9.65. The van der Waals surface area contributed by atoms with E-state index in [9.17, 15) is 4.79 Å². The van der Waals surface area contributed by atoms with Gasteiger partial charge in [0.2, 0.25) is 0 Å². The molecular weight excluding hydrogens is 290 g/mol. The molecule has 120 valence electrons. The Balaban J connectivity index is 0.000000924. The molecule has 5 nitrogen and oxygen atoms in total. The molecule has 3 aromatic rings. The van der Waals surface area contributed by atoms with Gasteiger partial charge in [-0.25, -0.2) is 0 Å². The molecule has 0 spiro atoms.